The Balaban J connectivity index is 1.11. The number of piperidine rings is 4. The predicted molar refractivity (Wildman–Crippen MR) is 123 cm³/mol. The van der Waals surface area contributed by atoms with Gasteiger partial charge in [0, 0.05) is 57.6 Å². The normalized spacial score (nSPS) is 29.0. The number of fused-ring (bicyclic) bond motifs is 4. The van der Waals surface area contributed by atoms with E-state index in [1.54, 1.807) is 7.11 Å². The number of ether oxygens (including phenoxy) is 1. The highest BCUT2D eigenvalue weighted by Gasteiger charge is 2.45. The van der Waals surface area contributed by atoms with E-state index in [0.717, 1.165) is 76.1 Å². The molecular formula is C26H37N3O3. The van der Waals surface area contributed by atoms with Crippen molar-refractivity contribution in [2.24, 2.45) is 11.8 Å². The van der Waals surface area contributed by atoms with E-state index in [1.807, 2.05) is 18.2 Å². The Morgan fingerprint density at radius 3 is 2.78 bits per heavy atom. The number of hydrogen-bond donors (Lipinski definition) is 0. The molecule has 4 aliphatic rings. The second-order valence-corrected chi connectivity index (χ2v) is 10.3. The van der Waals surface area contributed by atoms with Crippen LogP contribution in [0.15, 0.2) is 24.3 Å². The maximum atomic E-state index is 12.8. The SMILES string of the molecule is COc1cccc(CCC(=O)N2CCC(N3C[C@H]4C[C@H](C3)[C@H]3CCCC(=O)N3C4)CC2)c1. The molecule has 0 N–H and O–H groups in total. The van der Waals surface area contributed by atoms with E-state index in [1.165, 1.54) is 12.8 Å². The average molecular weight is 440 g/mol. The van der Waals surface area contributed by atoms with Crippen LogP contribution < -0.4 is 4.74 Å². The summed E-state index contributed by atoms with van der Waals surface area (Å²) in [5.74, 6) is 2.80. The van der Waals surface area contributed by atoms with Crippen molar-refractivity contribution < 1.29 is 14.3 Å². The first-order valence-corrected chi connectivity index (χ1v) is 12.5. The van der Waals surface area contributed by atoms with E-state index in [-0.39, 0.29) is 5.91 Å². The summed E-state index contributed by atoms with van der Waals surface area (Å²) in [4.78, 5) is 32.2. The quantitative estimate of drug-likeness (QED) is 0.708. The summed E-state index contributed by atoms with van der Waals surface area (Å²) in [6, 6.07) is 9.08. The molecule has 4 saturated heterocycles. The molecule has 2 bridgehead atoms. The molecule has 5 rings (SSSR count). The molecule has 0 saturated carbocycles. The van der Waals surface area contributed by atoms with Crippen molar-refractivity contribution in [3.63, 3.8) is 0 Å². The molecule has 4 heterocycles. The standard InChI is InChI=1S/C26H37N3O3/c1-32-23-5-2-4-19(15-23)8-9-25(30)27-12-10-22(11-13-27)28-16-20-14-21(18-28)24-6-3-7-26(31)29(24)17-20/h2,4-5,15,20-22,24H,3,6-14,16-18H2,1H3/t20-,21-,24-/m1/s1. The number of hydrogen-bond acceptors (Lipinski definition) is 4. The van der Waals surface area contributed by atoms with Crippen molar-refractivity contribution in [3.05, 3.63) is 29.8 Å². The molecule has 32 heavy (non-hydrogen) atoms. The highest BCUT2D eigenvalue weighted by atomic mass is 16.5. The van der Waals surface area contributed by atoms with Gasteiger partial charge in [-0.1, -0.05) is 12.1 Å². The Hall–Kier alpha value is -2.08. The van der Waals surface area contributed by atoms with Crippen LogP contribution in [-0.4, -0.2) is 78.4 Å². The number of likely N-dealkylation sites (tertiary alicyclic amines) is 2. The minimum atomic E-state index is 0.276. The Labute approximate surface area is 191 Å². The van der Waals surface area contributed by atoms with E-state index in [9.17, 15) is 9.59 Å². The first-order chi connectivity index (χ1) is 15.6. The fourth-order valence-corrected chi connectivity index (χ4v) is 6.66. The number of aryl methyl sites for hydroxylation is 1. The molecular weight excluding hydrogens is 402 g/mol. The molecule has 0 radical (unpaired) electrons. The number of carbonyl (C=O) groups is 2. The van der Waals surface area contributed by atoms with Gasteiger partial charge in [0.2, 0.25) is 11.8 Å². The number of rotatable bonds is 5. The summed E-state index contributed by atoms with van der Waals surface area (Å²) >= 11 is 0. The van der Waals surface area contributed by atoms with Crippen LogP contribution in [0.25, 0.3) is 0 Å². The number of amides is 2. The maximum Gasteiger partial charge on any atom is 0.222 e. The van der Waals surface area contributed by atoms with Gasteiger partial charge >= 0.3 is 0 Å². The lowest BCUT2D eigenvalue weighted by molar-refractivity contribution is -0.146. The van der Waals surface area contributed by atoms with Gasteiger partial charge in [0.25, 0.3) is 0 Å². The van der Waals surface area contributed by atoms with Crippen LogP contribution in [-0.2, 0) is 16.0 Å². The zero-order valence-corrected chi connectivity index (χ0v) is 19.4. The van der Waals surface area contributed by atoms with Crippen molar-refractivity contribution in [3.8, 4) is 5.75 Å². The number of benzene rings is 1. The van der Waals surface area contributed by atoms with Gasteiger partial charge in [-0.3, -0.25) is 14.5 Å². The van der Waals surface area contributed by atoms with Crippen LogP contribution >= 0.6 is 0 Å². The van der Waals surface area contributed by atoms with Crippen molar-refractivity contribution in [1.82, 2.24) is 14.7 Å². The van der Waals surface area contributed by atoms with Crippen LogP contribution in [0.1, 0.15) is 50.5 Å². The Bertz CT molecular complexity index is 835. The molecule has 2 amide bonds. The van der Waals surface area contributed by atoms with E-state index < -0.39 is 0 Å². The largest absolute Gasteiger partial charge is 0.497 e. The first-order valence-electron chi connectivity index (χ1n) is 12.5. The third-order valence-electron chi connectivity index (χ3n) is 8.30. The molecule has 4 aliphatic heterocycles. The summed E-state index contributed by atoms with van der Waals surface area (Å²) in [5, 5.41) is 0. The topological polar surface area (TPSA) is 53.1 Å². The highest BCUT2D eigenvalue weighted by molar-refractivity contribution is 5.77. The van der Waals surface area contributed by atoms with Gasteiger partial charge in [0.05, 0.1) is 7.11 Å². The Morgan fingerprint density at radius 1 is 1.12 bits per heavy atom. The zero-order chi connectivity index (χ0) is 22.1. The second kappa shape index (κ2) is 9.42. The van der Waals surface area contributed by atoms with E-state index in [2.05, 4.69) is 20.8 Å². The lowest BCUT2D eigenvalue weighted by Crippen LogP contribution is -2.62. The summed E-state index contributed by atoms with van der Waals surface area (Å²) in [6.07, 6.45) is 7.81. The minimum Gasteiger partial charge on any atom is -0.497 e. The molecule has 1 aromatic carbocycles. The van der Waals surface area contributed by atoms with Crippen molar-refractivity contribution in [2.45, 2.75) is 63.5 Å². The van der Waals surface area contributed by atoms with E-state index in [4.69, 9.17) is 4.74 Å². The molecule has 6 heteroatoms. The van der Waals surface area contributed by atoms with E-state index in [0.29, 0.717) is 36.2 Å². The van der Waals surface area contributed by atoms with Crippen LogP contribution in [0.4, 0.5) is 0 Å². The number of methoxy groups -OCH3 is 1. The van der Waals surface area contributed by atoms with Gasteiger partial charge in [-0.25, -0.2) is 0 Å². The van der Waals surface area contributed by atoms with Gasteiger partial charge in [0.1, 0.15) is 5.75 Å². The summed E-state index contributed by atoms with van der Waals surface area (Å²) in [7, 11) is 1.68. The molecule has 174 valence electrons. The van der Waals surface area contributed by atoms with Crippen LogP contribution in [0, 0.1) is 11.8 Å². The monoisotopic (exact) mass is 439 g/mol. The van der Waals surface area contributed by atoms with Crippen molar-refractivity contribution in [1.29, 1.82) is 0 Å². The predicted octanol–water partition coefficient (Wildman–Crippen LogP) is 2.95. The number of nitrogens with zero attached hydrogens (tertiary/aromatic N) is 3. The molecule has 0 aliphatic carbocycles. The molecule has 3 atom stereocenters. The van der Waals surface area contributed by atoms with Gasteiger partial charge < -0.3 is 14.5 Å². The Kier molecular flexibility index (Phi) is 6.40. The molecule has 4 fully saturated rings. The molecule has 0 unspecified atom stereocenters. The summed E-state index contributed by atoms with van der Waals surface area (Å²) < 4.78 is 5.29. The third kappa shape index (κ3) is 4.52. The maximum absolute atomic E-state index is 12.8. The van der Waals surface area contributed by atoms with Crippen LogP contribution in [0.2, 0.25) is 0 Å². The minimum absolute atomic E-state index is 0.276. The van der Waals surface area contributed by atoms with E-state index >= 15 is 0 Å². The van der Waals surface area contributed by atoms with Gasteiger partial charge in [-0.2, -0.15) is 0 Å². The highest BCUT2D eigenvalue weighted by Crippen LogP contribution is 2.39. The molecule has 6 nitrogen and oxygen atoms in total. The summed E-state index contributed by atoms with van der Waals surface area (Å²) in [6.45, 7) is 4.99. The van der Waals surface area contributed by atoms with Crippen LogP contribution in [0.5, 0.6) is 5.75 Å². The number of carbonyl (C=O) groups excluding carboxylic acids is 2. The first kappa shape index (κ1) is 21.7. The molecule has 0 aromatic heterocycles. The van der Waals surface area contributed by atoms with Gasteiger partial charge in [0.15, 0.2) is 0 Å². The van der Waals surface area contributed by atoms with Gasteiger partial charge in [-0.15, -0.1) is 0 Å². The third-order valence-corrected chi connectivity index (χ3v) is 8.30. The van der Waals surface area contributed by atoms with Crippen LogP contribution in [0.3, 0.4) is 0 Å². The summed E-state index contributed by atoms with van der Waals surface area (Å²) in [5.41, 5.74) is 1.16. The molecule has 0 spiro atoms. The second-order valence-electron chi connectivity index (χ2n) is 10.3. The smallest absolute Gasteiger partial charge is 0.222 e. The van der Waals surface area contributed by atoms with Crippen molar-refractivity contribution >= 4 is 11.8 Å². The lowest BCUT2D eigenvalue weighted by Gasteiger charge is -2.54. The fraction of sp³-hybridized carbons (Fsp3) is 0.692. The fourth-order valence-electron chi connectivity index (χ4n) is 6.66. The lowest BCUT2D eigenvalue weighted by atomic mass is 9.75. The Morgan fingerprint density at radius 2 is 1.97 bits per heavy atom. The zero-order valence-electron chi connectivity index (χ0n) is 19.4. The van der Waals surface area contributed by atoms with Crippen molar-refractivity contribution in [2.75, 3.05) is 39.8 Å². The average Bonchev–Trinajstić information content (AvgIpc) is 2.83. The molecule has 1 aromatic rings. The van der Waals surface area contributed by atoms with Gasteiger partial charge in [-0.05, 0) is 68.1 Å².